The van der Waals surface area contributed by atoms with Crippen LogP contribution in [0.1, 0.15) is 17.5 Å². The molecule has 4 N–H and O–H groups in total. The van der Waals surface area contributed by atoms with E-state index in [1.54, 1.807) is 12.1 Å². The Kier molecular flexibility index (Phi) is 6.08. The molecule has 0 aromatic heterocycles. The van der Waals surface area contributed by atoms with Crippen molar-refractivity contribution in [3.05, 3.63) is 59.7 Å². The van der Waals surface area contributed by atoms with Crippen LogP contribution in [0, 0.1) is 5.41 Å². The van der Waals surface area contributed by atoms with Gasteiger partial charge in [-0.3, -0.25) is 9.59 Å². The first kappa shape index (κ1) is 17.2. The van der Waals surface area contributed by atoms with Crippen molar-refractivity contribution in [1.82, 2.24) is 0 Å². The second-order valence-electron chi connectivity index (χ2n) is 5.18. The maximum Gasteiger partial charge on any atom is 0.255 e. The number of hydrogen-bond donors (Lipinski definition) is 3. The van der Waals surface area contributed by atoms with Gasteiger partial charge in [0.15, 0.2) is 6.61 Å². The van der Waals surface area contributed by atoms with E-state index in [1.165, 1.54) is 6.21 Å². The van der Waals surface area contributed by atoms with Gasteiger partial charge >= 0.3 is 0 Å². The van der Waals surface area contributed by atoms with Gasteiger partial charge in [0.1, 0.15) is 5.75 Å². The van der Waals surface area contributed by atoms with Crippen molar-refractivity contribution < 1.29 is 14.3 Å². The second-order valence-corrected chi connectivity index (χ2v) is 5.18. The van der Waals surface area contributed by atoms with Gasteiger partial charge in [-0.15, -0.1) is 0 Å². The Morgan fingerprint density at radius 3 is 2.58 bits per heavy atom. The summed E-state index contributed by atoms with van der Waals surface area (Å²) in [6, 6.07) is 14.8. The lowest BCUT2D eigenvalue weighted by Crippen LogP contribution is -2.21. The number of anilines is 1. The van der Waals surface area contributed by atoms with Gasteiger partial charge in [0.05, 0.1) is 0 Å². The van der Waals surface area contributed by atoms with E-state index >= 15 is 0 Å². The summed E-state index contributed by atoms with van der Waals surface area (Å²) in [6.07, 6.45) is 2.50. The monoisotopic (exact) mass is 325 g/mol. The number of aryl methyl sites for hydroxylation is 1. The minimum absolute atomic E-state index is 0.0262. The lowest BCUT2D eigenvalue weighted by Gasteiger charge is -2.17. The first-order valence-corrected chi connectivity index (χ1v) is 7.48. The summed E-state index contributed by atoms with van der Waals surface area (Å²) in [6.45, 7) is -0.134. The third-order valence-corrected chi connectivity index (χ3v) is 3.32. The summed E-state index contributed by atoms with van der Waals surface area (Å²) >= 11 is 0. The number of benzene rings is 2. The van der Waals surface area contributed by atoms with Gasteiger partial charge in [-0.05, 0) is 35.7 Å². The first-order chi connectivity index (χ1) is 11.6. The van der Waals surface area contributed by atoms with Gasteiger partial charge in [0, 0.05) is 18.3 Å². The molecule has 0 fully saturated rings. The summed E-state index contributed by atoms with van der Waals surface area (Å²) < 4.78 is 5.17. The van der Waals surface area contributed by atoms with Crippen molar-refractivity contribution in [1.29, 1.82) is 5.41 Å². The van der Waals surface area contributed by atoms with Gasteiger partial charge in [0.25, 0.3) is 5.91 Å². The highest BCUT2D eigenvalue weighted by atomic mass is 16.5. The molecular weight excluding hydrogens is 306 g/mol. The van der Waals surface area contributed by atoms with E-state index in [9.17, 15) is 9.59 Å². The van der Waals surface area contributed by atoms with E-state index in [-0.39, 0.29) is 12.5 Å². The molecule has 0 spiro atoms. The molecule has 3 rings (SSSR count). The molecule has 0 radical (unpaired) electrons. The number of rotatable bonds is 4. The van der Waals surface area contributed by atoms with Crippen molar-refractivity contribution in [3.8, 4) is 5.75 Å². The molecule has 0 unspecified atom stereocenters. The molecule has 124 valence electrons. The topological polar surface area (TPSA) is 105 Å². The Balaban J connectivity index is 0.000000219. The van der Waals surface area contributed by atoms with Crippen LogP contribution in [0.3, 0.4) is 0 Å². The lowest BCUT2D eigenvalue weighted by atomic mass is 10.0. The van der Waals surface area contributed by atoms with Crippen LogP contribution in [0.4, 0.5) is 5.69 Å². The molecule has 0 bridgehead atoms. The lowest BCUT2D eigenvalue weighted by molar-refractivity contribution is -0.120. The fourth-order valence-electron chi connectivity index (χ4n) is 2.15. The zero-order chi connectivity index (χ0) is 17.4. The van der Waals surface area contributed by atoms with E-state index in [0.29, 0.717) is 18.6 Å². The molecule has 1 aliphatic heterocycles. The van der Waals surface area contributed by atoms with Crippen LogP contribution in [0.25, 0.3) is 0 Å². The first-order valence-electron chi connectivity index (χ1n) is 7.48. The summed E-state index contributed by atoms with van der Waals surface area (Å²) in [5, 5.41) is 9.58. The normalized spacial score (nSPS) is 12.1. The van der Waals surface area contributed by atoms with Crippen LogP contribution >= 0.6 is 0 Å². The van der Waals surface area contributed by atoms with Crippen LogP contribution in [0.5, 0.6) is 5.75 Å². The van der Waals surface area contributed by atoms with Crippen molar-refractivity contribution >= 4 is 23.7 Å². The predicted octanol–water partition coefficient (Wildman–Crippen LogP) is 2.12. The second kappa shape index (κ2) is 8.47. The highest BCUT2D eigenvalue weighted by Gasteiger charge is 2.15. The minimum atomic E-state index is -0.508. The maximum atomic E-state index is 11.1. The molecule has 6 nitrogen and oxygen atoms in total. The predicted molar refractivity (Wildman–Crippen MR) is 92.4 cm³/mol. The molecule has 1 aliphatic rings. The molecular formula is C18H19N3O3. The van der Waals surface area contributed by atoms with E-state index < -0.39 is 5.91 Å². The van der Waals surface area contributed by atoms with E-state index in [2.05, 4.69) is 5.32 Å². The number of primary amides is 1. The van der Waals surface area contributed by atoms with E-state index in [0.717, 1.165) is 16.8 Å². The van der Waals surface area contributed by atoms with Crippen LogP contribution in [-0.2, 0) is 16.0 Å². The van der Waals surface area contributed by atoms with Crippen LogP contribution in [0.2, 0.25) is 0 Å². The Labute approximate surface area is 140 Å². The fraction of sp³-hybridized carbons (Fsp3) is 0.167. The number of nitrogens with one attached hydrogen (secondary N) is 2. The quantitative estimate of drug-likeness (QED) is 0.750. The highest BCUT2D eigenvalue weighted by Crippen LogP contribution is 2.26. The summed E-state index contributed by atoms with van der Waals surface area (Å²) in [5.74, 6) is 0.109. The standard InChI is InChI=1S/C11H12N2O3.C7H7N/c12-10(14)6-16-8-2-3-9-7(5-8)1-4-11(15)13-9;8-6-7-4-2-1-3-5-7/h2-3,5H,1,4,6H2,(H2,12,14)(H,13,15);1-6,8H. The number of amides is 2. The van der Waals surface area contributed by atoms with E-state index in [4.69, 9.17) is 15.9 Å². The number of ether oxygens (including phenoxy) is 1. The highest BCUT2D eigenvalue weighted by molar-refractivity contribution is 5.94. The van der Waals surface area contributed by atoms with Gasteiger partial charge in [-0.1, -0.05) is 30.3 Å². The van der Waals surface area contributed by atoms with Crippen molar-refractivity contribution in [2.24, 2.45) is 5.73 Å². The third-order valence-electron chi connectivity index (χ3n) is 3.32. The van der Waals surface area contributed by atoms with Crippen LogP contribution in [0.15, 0.2) is 48.5 Å². The van der Waals surface area contributed by atoms with Crippen LogP contribution < -0.4 is 15.8 Å². The SMILES string of the molecule is N=Cc1ccccc1.NC(=O)COc1ccc2c(c1)CCC(=O)N2. The maximum absolute atomic E-state index is 11.1. The van der Waals surface area contributed by atoms with Gasteiger partial charge in [-0.25, -0.2) is 0 Å². The Bertz CT molecular complexity index is 730. The third kappa shape index (κ3) is 5.24. The molecule has 0 aliphatic carbocycles. The summed E-state index contributed by atoms with van der Waals surface area (Å²) in [7, 11) is 0. The van der Waals surface area contributed by atoms with Crippen molar-refractivity contribution in [2.45, 2.75) is 12.8 Å². The van der Waals surface area contributed by atoms with E-state index in [1.807, 2.05) is 36.4 Å². The van der Waals surface area contributed by atoms with Crippen LogP contribution in [-0.4, -0.2) is 24.6 Å². The number of carbonyl (C=O) groups excluding carboxylic acids is 2. The largest absolute Gasteiger partial charge is 0.484 e. The number of hydrogen-bond acceptors (Lipinski definition) is 4. The Hall–Kier alpha value is -3.15. The van der Waals surface area contributed by atoms with Crippen molar-refractivity contribution in [3.63, 3.8) is 0 Å². The number of carbonyl (C=O) groups is 2. The van der Waals surface area contributed by atoms with Gasteiger partial charge in [0.2, 0.25) is 5.91 Å². The van der Waals surface area contributed by atoms with Gasteiger partial charge < -0.3 is 21.2 Å². The molecule has 0 atom stereocenters. The van der Waals surface area contributed by atoms with Gasteiger partial charge in [-0.2, -0.15) is 0 Å². The summed E-state index contributed by atoms with van der Waals surface area (Å²) in [5.41, 5.74) is 7.75. The molecule has 1 heterocycles. The summed E-state index contributed by atoms with van der Waals surface area (Å²) in [4.78, 5) is 21.7. The zero-order valence-electron chi connectivity index (χ0n) is 13.1. The zero-order valence-corrected chi connectivity index (χ0v) is 13.1. The molecule has 0 saturated carbocycles. The smallest absolute Gasteiger partial charge is 0.255 e. The molecule has 2 amide bonds. The molecule has 2 aromatic rings. The molecule has 2 aromatic carbocycles. The number of nitrogens with two attached hydrogens (primary N) is 1. The molecule has 6 heteroatoms. The fourth-order valence-corrected chi connectivity index (χ4v) is 2.15. The molecule has 0 saturated heterocycles. The average molecular weight is 325 g/mol. The molecule has 24 heavy (non-hydrogen) atoms. The van der Waals surface area contributed by atoms with Crippen molar-refractivity contribution in [2.75, 3.05) is 11.9 Å². The Morgan fingerprint density at radius 1 is 1.21 bits per heavy atom. The average Bonchev–Trinajstić information content (AvgIpc) is 2.61. The number of fused-ring (bicyclic) bond motifs is 1. The Morgan fingerprint density at radius 2 is 1.96 bits per heavy atom. The minimum Gasteiger partial charge on any atom is -0.484 e.